The van der Waals surface area contributed by atoms with Crippen LogP contribution in [0.3, 0.4) is 0 Å². The fraction of sp³-hybridized carbons (Fsp3) is 0. The van der Waals surface area contributed by atoms with Crippen LogP contribution >= 0.6 is 0 Å². The predicted octanol–water partition coefficient (Wildman–Crippen LogP) is 3.23. The number of hydrogen-bond acceptors (Lipinski definition) is 8. The van der Waals surface area contributed by atoms with E-state index in [0.29, 0.717) is 0 Å². The van der Waals surface area contributed by atoms with Crippen LogP contribution in [0.25, 0.3) is 0 Å². The molecule has 0 heterocycles. The second-order valence-electron chi connectivity index (χ2n) is 5.93. The van der Waals surface area contributed by atoms with Crippen molar-refractivity contribution in [3.63, 3.8) is 0 Å². The number of rotatable bonds is 5. The summed E-state index contributed by atoms with van der Waals surface area (Å²) in [6.07, 6.45) is 0. The Balaban J connectivity index is 2.14. The van der Waals surface area contributed by atoms with Crippen LogP contribution in [0.2, 0.25) is 0 Å². The molecule has 11 heteroatoms. The number of nitrogens with one attached hydrogen (secondary N) is 1. The highest BCUT2D eigenvalue weighted by molar-refractivity contribution is 8.31. The molecule has 0 spiro atoms. The molecule has 0 atom stereocenters. The molecule has 0 aliphatic rings. The largest absolute Gasteiger partial charge is 0.276 e. The van der Waals surface area contributed by atoms with Gasteiger partial charge in [0.25, 0.3) is 10.1 Å². The third kappa shape index (κ3) is 4.36. The highest BCUT2D eigenvalue weighted by Crippen LogP contribution is 2.23. The number of nitro benzene ring substituents is 1. The van der Waals surface area contributed by atoms with Gasteiger partial charge < -0.3 is 0 Å². The molecule has 0 amide bonds. The minimum atomic E-state index is -4.54. The van der Waals surface area contributed by atoms with Gasteiger partial charge in [-0.1, -0.05) is 42.5 Å². The van der Waals surface area contributed by atoms with E-state index in [4.69, 9.17) is 0 Å². The van der Waals surface area contributed by atoms with E-state index in [1.165, 1.54) is 66.7 Å². The van der Waals surface area contributed by atoms with Crippen LogP contribution in [0.1, 0.15) is 0 Å². The van der Waals surface area contributed by atoms with Gasteiger partial charge in [0.1, 0.15) is 0 Å². The zero-order valence-corrected chi connectivity index (χ0v) is 16.9. The van der Waals surface area contributed by atoms with Crippen molar-refractivity contribution in [3.8, 4) is 0 Å². The fourth-order valence-electron chi connectivity index (χ4n) is 2.46. The van der Waals surface area contributed by atoms with Gasteiger partial charge in [-0.25, -0.2) is 16.8 Å². The predicted molar refractivity (Wildman–Crippen MR) is 111 cm³/mol. The minimum Gasteiger partial charge on any atom is -0.276 e. The number of nitrogens with zero attached hydrogens (tertiary/aromatic N) is 2. The van der Waals surface area contributed by atoms with Crippen molar-refractivity contribution < 1.29 is 21.8 Å². The van der Waals surface area contributed by atoms with Gasteiger partial charge in [-0.3, -0.25) is 15.5 Å². The Bertz CT molecular complexity index is 1240. The van der Waals surface area contributed by atoms with Crippen LogP contribution in [-0.2, 0) is 19.7 Å². The first kappa shape index (κ1) is 21.1. The van der Waals surface area contributed by atoms with E-state index in [0.717, 1.165) is 6.07 Å². The molecule has 3 rings (SSSR count). The molecule has 154 valence electrons. The van der Waals surface area contributed by atoms with Crippen molar-refractivity contribution in [2.24, 2.45) is 5.10 Å². The van der Waals surface area contributed by atoms with Crippen LogP contribution in [-0.4, -0.2) is 26.1 Å². The summed E-state index contributed by atoms with van der Waals surface area (Å²) >= 11 is 0. The molecular weight excluding hydrogens is 430 g/mol. The van der Waals surface area contributed by atoms with E-state index in [9.17, 15) is 26.9 Å². The quantitative estimate of drug-likeness (QED) is 0.276. The summed E-state index contributed by atoms with van der Waals surface area (Å²) < 4.78 is 51.2. The maximum absolute atomic E-state index is 13.1. The van der Waals surface area contributed by atoms with Gasteiger partial charge in [-0.2, -0.15) is 5.10 Å². The number of hydrogen-bond donors (Lipinski definition) is 1. The lowest BCUT2D eigenvalue weighted by molar-refractivity contribution is -0.384. The highest BCUT2D eigenvalue weighted by Gasteiger charge is 2.36. The molecule has 3 aromatic carbocycles. The van der Waals surface area contributed by atoms with Gasteiger partial charge >= 0.3 is 0 Å². The molecule has 9 nitrogen and oxygen atoms in total. The summed E-state index contributed by atoms with van der Waals surface area (Å²) in [6, 6.07) is 19.1. The van der Waals surface area contributed by atoms with Crippen LogP contribution in [0.4, 0.5) is 11.4 Å². The molecule has 0 fully saturated rings. The minimum absolute atomic E-state index is 0.0493. The Morgan fingerprint density at radius 3 is 1.73 bits per heavy atom. The molecule has 0 saturated heterocycles. The Morgan fingerprint density at radius 1 is 0.767 bits per heavy atom. The van der Waals surface area contributed by atoms with E-state index >= 15 is 0 Å². The van der Waals surface area contributed by atoms with Gasteiger partial charge in [0.15, 0.2) is 0 Å². The normalized spacial score (nSPS) is 11.5. The van der Waals surface area contributed by atoms with E-state index < -0.39 is 29.0 Å². The van der Waals surface area contributed by atoms with Crippen molar-refractivity contribution in [3.05, 3.63) is 95.0 Å². The lowest BCUT2D eigenvalue weighted by atomic mass is 10.3. The van der Waals surface area contributed by atoms with E-state index in [1.54, 1.807) is 12.1 Å². The maximum atomic E-state index is 13.1. The molecule has 3 aromatic rings. The second-order valence-corrected chi connectivity index (χ2v) is 9.92. The second kappa shape index (κ2) is 8.43. The third-order valence-corrected chi connectivity index (χ3v) is 8.10. The van der Waals surface area contributed by atoms with E-state index in [1.807, 2.05) is 0 Å². The molecular formula is C19H15N3O6S2. The van der Waals surface area contributed by atoms with Crippen molar-refractivity contribution in [2.75, 3.05) is 5.43 Å². The molecule has 0 radical (unpaired) electrons. The zero-order chi connectivity index (χ0) is 21.8. The standard InChI is InChI=1S/C19H15N3O6S2/c23-22(24)16-9-7-8-15(14-16)20-21-19(29(25,26)17-10-3-1-4-11-17)30(27,28)18-12-5-2-6-13-18/h1-14,20H. The van der Waals surface area contributed by atoms with Crippen molar-refractivity contribution >= 4 is 35.4 Å². The molecule has 0 aliphatic heterocycles. The topological polar surface area (TPSA) is 136 Å². The SMILES string of the molecule is O=[N+]([O-])c1cccc(NN=C(S(=O)(=O)c2ccccc2)S(=O)(=O)c2ccccc2)c1. The number of non-ortho nitro benzene ring substituents is 1. The average molecular weight is 445 g/mol. The van der Waals surface area contributed by atoms with Gasteiger partial charge in [0.2, 0.25) is 19.7 Å². The number of nitro groups is 1. The number of benzene rings is 3. The first-order valence-corrected chi connectivity index (χ1v) is 11.4. The van der Waals surface area contributed by atoms with Gasteiger partial charge in [0.05, 0.1) is 20.4 Å². The van der Waals surface area contributed by atoms with E-state index in [-0.39, 0.29) is 21.2 Å². The Hall–Kier alpha value is -3.57. The zero-order valence-electron chi connectivity index (χ0n) is 15.2. The van der Waals surface area contributed by atoms with Crippen molar-refractivity contribution in [1.82, 2.24) is 0 Å². The van der Waals surface area contributed by atoms with Crippen LogP contribution in [0, 0.1) is 10.1 Å². The van der Waals surface area contributed by atoms with Gasteiger partial charge in [-0.15, -0.1) is 0 Å². The van der Waals surface area contributed by atoms with Crippen LogP contribution < -0.4 is 5.43 Å². The first-order chi connectivity index (χ1) is 14.2. The van der Waals surface area contributed by atoms with Crippen molar-refractivity contribution in [2.45, 2.75) is 9.79 Å². The highest BCUT2D eigenvalue weighted by atomic mass is 32.3. The van der Waals surface area contributed by atoms with Crippen molar-refractivity contribution in [1.29, 1.82) is 0 Å². The molecule has 30 heavy (non-hydrogen) atoms. The lowest BCUT2D eigenvalue weighted by Crippen LogP contribution is -2.26. The van der Waals surface area contributed by atoms with E-state index in [2.05, 4.69) is 10.5 Å². The van der Waals surface area contributed by atoms with Gasteiger partial charge in [0, 0.05) is 12.1 Å². The molecule has 0 aromatic heterocycles. The Labute approximate surface area is 172 Å². The monoisotopic (exact) mass is 445 g/mol. The molecule has 0 aliphatic carbocycles. The Morgan fingerprint density at radius 2 is 1.27 bits per heavy atom. The smallest absolute Gasteiger partial charge is 0.275 e. The van der Waals surface area contributed by atoms with Crippen LogP contribution in [0.5, 0.6) is 0 Å². The summed E-state index contributed by atoms with van der Waals surface area (Å²) in [5.41, 5.74) is 2.10. The number of hydrazone groups is 1. The first-order valence-electron chi connectivity index (χ1n) is 8.41. The maximum Gasteiger partial charge on any atom is 0.275 e. The van der Waals surface area contributed by atoms with Crippen LogP contribution in [0.15, 0.2) is 99.8 Å². The average Bonchev–Trinajstić information content (AvgIpc) is 2.75. The fourth-order valence-corrected chi connectivity index (χ4v) is 5.96. The van der Waals surface area contributed by atoms with Gasteiger partial charge in [-0.05, 0) is 30.3 Å². The molecule has 0 unspecified atom stereocenters. The number of sulfone groups is 2. The summed E-state index contributed by atoms with van der Waals surface area (Å²) in [5, 5.41) is 14.6. The Kier molecular flexibility index (Phi) is 5.94. The summed E-state index contributed by atoms with van der Waals surface area (Å²) in [5.74, 6) is 0. The summed E-state index contributed by atoms with van der Waals surface area (Å²) in [4.78, 5) is 9.77. The molecule has 0 saturated carbocycles. The lowest BCUT2D eigenvalue weighted by Gasteiger charge is -2.10. The summed E-state index contributed by atoms with van der Waals surface area (Å²) in [7, 11) is -9.08. The molecule has 0 bridgehead atoms. The third-order valence-electron chi connectivity index (χ3n) is 3.90. The number of anilines is 1. The molecule has 1 N–H and O–H groups in total. The summed E-state index contributed by atoms with van der Waals surface area (Å²) in [6.45, 7) is 0.